The molecule has 0 aliphatic heterocycles. The lowest BCUT2D eigenvalue weighted by Gasteiger charge is -2.11. The van der Waals surface area contributed by atoms with Crippen LogP contribution < -0.4 is 5.73 Å². The van der Waals surface area contributed by atoms with Gasteiger partial charge in [-0.3, -0.25) is 0 Å². The molecule has 4 heteroatoms. The molecule has 1 heterocycles. The normalized spacial score (nSPS) is 12.2. The van der Waals surface area contributed by atoms with Crippen LogP contribution in [0.15, 0.2) is 48.5 Å². The fourth-order valence-electron chi connectivity index (χ4n) is 2.48. The smallest absolute Gasteiger partial charge is 0.126 e. The number of imidazole rings is 1. The maximum absolute atomic E-state index is 8.86. The number of nitriles is 1. The summed E-state index contributed by atoms with van der Waals surface area (Å²) >= 11 is 0. The molecule has 0 spiro atoms. The van der Waals surface area contributed by atoms with Crippen LogP contribution in [0.2, 0.25) is 0 Å². The Morgan fingerprint density at radius 1 is 1.19 bits per heavy atom. The molecule has 1 aromatic heterocycles. The van der Waals surface area contributed by atoms with Gasteiger partial charge < -0.3 is 10.3 Å². The molecule has 0 amide bonds. The van der Waals surface area contributed by atoms with Gasteiger partial charge >= 0.3 is 0 Å². The number of hydrogen-bond acceptors (Lipinski definition) is 3. The quantitative estimate of drug-likeness (QED) is 0.799. The van der Waals surface area contributed by atoms with Gasteiger partial charge in [-0.1, -0.05) is 24.3 Å². The predicted octanol–water partition coefficient (Wildman–Crippen LogP) is 2.98. The van der Waals surface area contributed by atoms with Gasteiger partial charge in [0.2, 0.25) is 0 Å². The first-order valence-electron chi connectivity index (χ1n) is 6.89. The molecule has 1 atom stereocenters. The molecule has 21 heavy (non-hydrogen) atoms. The second-order valence-corrected chi connectivity index (χ2v) is 5.14. The molecular weight excluding hydrogens is 260 g/mol. The molecule has 4 nitrogen and oxygen atoms in total. The highest BCUT2D eigenvalue weighted by atomic mass is 15.1. The molecule has 104 valence electrons. The first-order chi connectivity index (χ1) is 10.2. The number of aromatic nitrogens is 2. The maximum Gasteiger partial charge on any atom is 0.126 e. The highest BCUT2D eigenvalue weighted by Crippen LogP contribution is 2.21. The van der Waals surface area contributed by atoms with E-state index in [0.29, 0.717) is 12.1 Å². The van der Waals surface area contributed by atoms with Gasteiger partial charge in [0.25, 0.3) is 0 Å². The third-order valence-electron chi connectivity index (χ3n) is 3.52. The largest absolute Gasteiger partial charge is 0.322 e. The van der Waals surface area contributed by atoms with Crippen LogP contribution in [0.1, 0.15) is 29.9 Å². The molecule has 0 saturated heterocycles. The van der Waals surface area contributed by atoms with E-state index >= 15 is 0 Å². The second kappa shape index (κ2) is 5.39. The van der Waals surface area contributed by atoms with Crippen molar-refractivity contribution in [1.29, 1.82) is 5.26 Å². The van der Waals surface area contributed by atoms with Crippen LogP contribution in [0.4, 0.5) is 0 Å². The van der Waals surface area contributed by atoms with Gasteiger partial charge in [0, 0.05) is 6.54 Å². The lowest BCUT2D eigenvalue weighted by Crippen LogP contribution is -2.14. The van der Waals surface area contributed by atoms with Crippen LogP contribution in [0, 0.1) is 11.3 Å². The zero-order chi connectivity index (χ0) is 14.8. The summed E-state index contributed by atoms with van der Waals surface area (Å²) < 4.78 is 2.14. The molecule has 0 radical (unpaired) electrons. The summed E-state index contributed by atoms with van der Waals surface area (Å²) in [6.45, 7) is 2.64. The fraction of sp³-hybridized carbons (Fsp3) is 0.176. The Labute approximate surface area is 123 Å². The number of rotatable bonds is 3. The van der Waals surface area contributed by atoms with E-state index in [1.165, 1.54) is 0 Å². The van der Waals surface area contributed by atoms with Gasteiger partial charge in [-0.2, -0.15) is 5.26 Å². The second-order valence-electron chi connectivity index (χ2n) is 5.14. The van der Waals surface area contributed by atoms with Crippen molar-refractivity contribution in [3.05, 3.63) is 65.5 Å². The highest BCUT2D eigenvalue weighted by Gasteiger charge is 2.13. The molecule has 3 aromatic rings. The Kier molecular flexibility index (Phi) is 3.43. The molecule has 0 fully saturated rings. The van der Waals surface area contributed by atoms with E-state index in [9.17, 15) is 0 Å². The summed E-state index contributed by atoms with van der Waals surface area (Å²) in [4.78, 5) is 4.63. The average molecular weight is 276 g/mol. The molecule has 2 N–H and O–H groups in total. The van der Waals surface area contributed by atoms with Gasteiger partial charge in [-0.05, 0) is 36.8 Å². The van der Waals surface area contributed by atoms with E-state index in [1.54, 1.807) is 0 Å². The summed E-state index contributed by atoms with van der Waals surface area (Å²) in [6, 6.07) is 17.6. The monoisotopic (exact) mass is 276 g/mol. The Morgan fingerprint density at radius 2 is 1.90 bits per heavy atom. The van der Waals surface area contributed by atoms with E-state index in [0.717, 1.165) is 22.4 Å². The van der Waals surface area contributed by atoms with Crippen molar-refractivity contribution in [2.45, 2.75) is 19.5 Å². The molecule has 0 bridgehead atoms. The van der Waals surface area contributed by atoms with Gasteiger partial charge in [0.15, 0.2) is 0 Å². The van der Waals surface area contributed by atoms with Crippen molar-refractivity contribution in [3.8, 4) is 6.07 Å². The molecule has 0 aliphatic rings. The standard InChI is InChI=1S/C17H16N4/c1-12(19)17-20-15-4-2-3-5-16(15)21(17)11-14-8-6-13(10-18)7-9-14/h2-9,12H,11,19H2,1H3. The molecule has 0 saturated carbocycles. The van der Waals surface area contributed by atoms with Crippen molar-refractivity contribution in [2.24, 2.45) is 5.73 Å². The molecule has 0 aliphatic carbocycles. The fourth-order valence-corrected chi connectivity index (χ4v) is 2.48. The van der Waals surface area contributed by atoms with Crippen molar-refractivity contribution in [2.75, 3.05) is 0 Å². The summed E-state index contributed by atoms with van der Waals surface area (Å²) in [6.07, 6.45) is 0. The molecule has 3 rings (SSSR count). The lowest BCUT2D eigenvalue weighted by molar-refractivity contribution is 0.664. The van der Waals surface area contributed by atoms with E-state index in [4.69, 9.17) is 11.0 Å². The van der Waals surface area contributed by atoms with Gasteiger partial charge in [-0.25, -0.2) is 4.98 Å². The van der Waals surface area contributed by atoms with Crippen LogP contribution in [-0.4, -0.2) is 9.55 Å². The van der Waals surface area contributed by atoms with Gasteiger partial charge in [-0.15, -0.1) is 0 Å². The zero-order valence-corrected chi connectivity index (χ0v) is 11.8. The van der Waals surface area contributed by atoms with E-state index in [-0.39, 0.29) is 6.04 Å². The molecular formula is C17H16N4. The number of nitrogens with zero attached hydrogens (tertiary/aromatic N) is 3. The van der Waals surface area contributed by atoms with Crippen LogP contribution in [0.25, 0.3) is 11.0 Å². The summed E-state index contributed by atoms with van der Waals surface area (Å²) in [5.41, 5.74) is 9.88. The average Bonchev–Trinajstić information content (AvgIpc) is 2.87. The first kappa shape index (κ1) is 13.3. The predicted molar refractivity (Wildman–Crippen MR) is 82.6 cm³/mol. The number of fused-ring (bicyclic) bond motifs is 1. The van der Waals surface area contributed by atoms with Crippen molar-refractivity contribution in [1.82, 2.24) is 9.55 Å². The van der Waals surface area contributed by atoms with Crippen LogP contribution >= 0.6 is 0 Å². The van der Waals surface area contributed by atoms with Crippen LogP contribution in [0.3, 0.4) is 0 Å². The summed E-state index contributed by atoms with van der Waals surface area (Å²) in [5, 5.41) is 8.86. The Morgan fingerprint density at radius 3 is 2.57 bits per heavy atom. The van der Waals surface area contributed by atoms with Crippen molar-refractivity contribution >= 4 is 11.0 Å². The number of hydrogen-bond donors (Lipinski definition) is 1. The Balaban J connectivity index is 2.06. The van der Waals surface area contributed by atoms with Crippen molar-refractivity contribution < 1.29 is 0 Å². The minimum Gasteiger partial charge on any atom is -0.322 e. The molecule has 1 unspecified atom stereocenters. The first-order valence-corrected chi connectivity index (χ1v) is 6.89. The molecule has 2 aromatic carbocycles. The zero-order valence-electron chi connectivity index (χ0n) is 11.8. The number of nitrogens with two attached hydrogens (primary N) is 1. The third-order valence-corrected chi connectivity index (χ3v) is 3.52. The maximum atomic E-state index is 8.86. The summed E-state index contributed by atoms with van der Waals surface area (Å²) in [5.74, 6) is 0.876. The van der Waals surface area contributed by atoms with E-state index in [1.807, 2.05) is 49.4 Å². The van der Waals surface area contributed by atoms with Crippen LogP contribution in [0.5, 0.6) is 0 Å². The topological polar surface area (TPSA) is 67.6 Å². The lowest BCUT2D eigenvalue weighted by atomic mass is 10.1. The highest BCUT2D eigenvalue weighted by molar-refractivity contribution is 5.76. The minimum atomic E-state index is -0.129. The van der Waals surface area contributed by atoms with E-state index in [2.05, 4.69) is 21.7 Å². The third kappa shape index (κ3) is 2.51. The SMILES string of the molecule is CC(N)c1nc2ccccc2n1Cc1ccc(C#N)cc1. The number of para-hydroxylation sites is 2. The van der Waals surface area contributed by atoms with E-state index < -0.39 is 0 Å². The van der Waals surface area contributed by atoms with Crippen molar-refractivity contribution in [3.63, 3.8) is 0 Å². The number of benzene rings is 2. The minimum absolute atomic E-state index is 0.129. The Hall–Kier alpha value is -2.64. The van der Waals surface area contributed by atoms with Gasteiger partial charge in [0.1, 0.15) is 5.82 Å². The summed E-state index contributed by atoms with van der Waals surface area (Å²) in [7, 11) is 0. The van der Waals surface area contributed by atoms with Gasteiger partial charge in [0.05, 0.1) is 28.7 Å². The van der Waals surface area contributed by atoms with Crippen LogP contribution in [-0.2, 0) is 6.54 Å². The Bertz CT molecular complexity index is 807.